The lowest BCUT2D eigenvalue weighted by molar-refractivity contribution is -0.128. The van der Waals surface area contributed by atoms with Crippen molar-refractivity contribution < 1.29 is 9.21 Å². The molecule has 0 radical (unpaired) electrons. The van der Waals surface area contributed by atoms with E-state index in [1.165, 1.54) is 0 Å². The smallest absolute Gasteiger partial charge is 0.224 e. The van der Waals surface area contributed by atoms with E-state index in [1.54, 1.807) is 6.26 Å². The summed E-state index contributed by atoms with van der Waals surface area (Å²) in [7, 11) is 0. The Bertz CT molecular complexity index is 563. The zero-order valence-corrected chi connectivity index (χ0v) is 10.2. The molecule has 1 aromatic heterocycles. The molecule has 0 spiro atoms. The Labute approximate surface area is 105 Å². The van der Waals surface area contributed by atoms with Gasteiger partial charge in [-0.25, -0.2) is 0 Å². The van der Waals surface area contributed by atoms with Crippen LogP contribution in [0.1, 0.15) is 12.0 Å². The van der Waals surface area contributed by atoms with E-state index in [2.05, 4.69) is 18.7 Å². The lowest BCUT2D eigenvalue weighted by Gasteiger charge is -2.15. The topological polar surface area (TPSA) is 33.5 Å². The normalized spacial score (nSPS) is 20.4. The molecule has 4 heteroatoms. The molecule has 2 heterocycles. The van der Waals surface area contributed by atoms with Gasteiger partial charge in [0.05, 0.1) is 6.26 Å². The second-order valence-corrected chi connectivity index (χ2v) is 5.16. The third-order valence-electron chi connectivity index (χ3n) is 3.08. The number of thiol groups is 1. The molecule has 1 aliphatic heterocycles. The van der Waals surface area contributed by atoms with Crippen LogP contribution >= 0.6 is 12.6 Å². The standard InChI is InChI=1S/C13H13NO2S/c15-13-6-11(17)8-14(13)7-9-1-2-12-10(5-9)3-4-16-12/h1-5,11,17H,6-8H2. The number of amides is 1. The lowest BCUT2D eigenvalue weighted by atomic mass is 10.1. The molecule has 1 fully saturated rings. The average molecular weight is 247 g/mol. The van der Waals surface area contributed by atoms with Crippen LogP contribution in [0.5, 0.6) is 0 Å². The van der Waals surface area contributed by atoms with E-state index in [4.69, 9.17) is 4.42 Å². The summed E-state index contributed by atoms with van der Waals surface area (Å²) < 4.78 is 5.29. The first kappa shape index (κ1) is 10.7. The zero-order chi connectivity index (χ0) is 11.8. The molecule has 3 nitrogen and oxygen atoms in total. The van der Waals surface area contributed by atoms with Gasteiger partial charge in [0.1, 0.15) is 5.58 Å². The van der Waals surface area contributed by atoms with Gasteiger partial charge in [-0.05, 0) is 23.8 Å². The van der Waals surface area contributed by atoms with Crippen molar-refractivity contribution in [3.63, 3.8) is 0 Å². The molecular weight excluding hydrogens is 234 g/mol. The largest absolute Gasteiger partial charge is 0.464 e. The van der Waals surface area contributed by atoms with Crippen molar-refractivity contribution in [2.24, 2.45) is 0 Å². The number of carbonyl (C=O) groups is 1. The summed E-state index contributed by atoms with van der Waals surface area (Å²) in [6.45, 7) is 1.41. The number of hydrogen-bond acceptors (Lipinski definition) is 3. The molecule has 0 bridgehead atoms. The number of benzene rings is 1. The minimum Gasteiger partial charge on any atom is -0.464 e. The Morgan fingerprint density at radius 2 is 2.29 bits per heavy atom. The maximum Gasteiger partial charge on any atom is 0.224 e. The summed E-state index contributed by atoms with van der Waals surface area (Å²) in [4.78, 5) is 13.5. The summed E-state index contributed by atoms with van der Waals surface area (Å²) in [6.07, 6.45) is 2.23. The highest BCUT2D eigenvalue weighted by molar-refractivity contribution is 7.81. The van der Waals surface area contributed by atoms with Crippen molar-refractivity contribution in [2.75, 3.05) is 6.54 Å². The lowest BCUT2D eigenvalue weighted by Crippen LogP contribution is -2.24. The molecule has 0 aliphatic carbocycles. The highest BCUT2D eigenvalue weighted by atomic mass is 32.1. The van der Waals surface area contributed by atoms with Crippen LogP contribution in [0.3, 0.4) is 0 Å². The highest BCUT2D eigenvalue weighted by Crippen LogP contribution is 2.21. The van der Waals surface area contributed by atoms with Crippen molar-refractivity contribution in [2.45, 2.75) is 18.2 Å². The second kappa shape index (κ2) is 4.11. The van der Waals surface area contributed by atoms with Gasteiger partial charge in [0.25, 0.3) is 0 Å². The Balaban J connectivity index is 1.82. The minimum absolute atomic E-state index is 0.181. The summed E-state index contributed by atoms with van der Waals surface area (Å²) in [5.41, 5.74) is 2.02. The molecule has 2 aromatic rings. The van der Waals surface area contributed by atoms with Crippen LogP contribution in [0, 0.1) is 0 Å². The average Bonchev–Trinajstić information content (AvgIpc) is 2.85. The van der Waals surface area contributed by atoms with Crippen LogP contribution < -0.4 is 0 Å². The fraction of sp³-hybridized carbons (Fsp3) is 0.308. The van der Waals surface area contributed by atoms with Crippen LogP contribution in [0.2, 0.25) is 0 Å². The molecule has 17 heavy (non-hydrogen) atoms. The molecule has 1 saturated heterocycles. The van der Waals surface area contributed by atoms with Crippen molar-refractivity contribution in [1.29, 1.82) is 0 Å². The summed E-state index contributed by atoms with van der Waals surface area (Å²) in [6, 6.07) is 7.96. The van der Waals surface area contributed by atoms with E-state index >= 15 is 0 Å². The fourth-order valence-corrected chi connectivity index (χ4v) is 2.59. The number of rotatable bonds is 2. The van der Waals surface area contributed by atoms with Crippen LogP contribution in [0.15, 0.2) is 34.9 Å². The van der Waals surface area contributed by atoms with E-state index < -0.39 is 0 Å². The number of furan rings is 1. The van der Waals surface area contributed by atoms with Gasteiger partial charge in [-0.15, -0.1) is 0 Å². The summed E-state index contributed by atoms with van der Waals surface area (Å²) in [5.74, 6) is 0.192. The molecule has 1 unspecified atom stereocenters. The predicted molar refractivity (Wildman–Crippen MR) is 69.0 cm³/mol. The van der Waals surface area contributed by atoms with Gasteiger partial charge in [0, 0.05) is 30.1 Å². The number of hydrogen-bond donors (Lipinski definition) is 1. The number of carbonyl (C=O) groups excluding carboxylic acids is 1. The van der Waals surface area contributed by atoms with E-state index in [0.29, 0.717) is 13.0 Å². The van der Waals surface area contributed by atoms with Gasteiger partial charge in [-0.3, -0.25) is 4.79 Å². The van der Waals surface area contributed by atoms with Gasteiger partial charge in [0.15, 0.2) is 0 Å². The first-order valence-corrected chi connectivity index (χ1v) is 6.16. The molecule has 1 amide bonds. The summed E-state index contributed by atoms with van der Waals surface area (Å²) >= 11 is 4.35. The maximum atomic E-state index is 11.7. The Kier molecular flexibility index (Phi) is 2.59. The molecule has 0 N–H and O–H groups in total. The van der Waals surface area contributed by atoms with Gasteiger partial charge >= 0.3 is 0 Å². The summed E-state index contributed by atoms with van der Waals surface area (Å²) in [5, 5.41) is 1.26. The van der Waals surface area contributed by atoms with Gasteiger partial charge in [-0.1, -0.05) is 6.07 Å². The van der Waals surface area contributed by atoms with Crippen molar-refractivity contribution in [3.05, 3.63) is 36.1 Å². The van der Waals surface area contributed by atoms with Gasteiger partial charge in [0.2, 0.25) is 5.91 Å². The van der Waals surface area contributed by atoms with Crippen molar-refractivity contribution in [3.8, 4) is 0 Å². The van der Waals surface area contributed by atoms with Crippen LogP contribution in [-0.4, -0.2) is 22.6 Å². The second-order valence-electron chi connectivity index (χ2n) is 4.42. The van der Waals surface area contributed by atoms with Crippen LogP contribution in [-0.2, 0) is 11.3 Å². The van der Waals surface area contributed by atoms with Crippen LogP contribution in [0.25, 0.3) is 11.0 Å². The number of fused-ring (bicyclic) bond motifs is 1. The van der Waals surface area contributed by atoms with E-state index in [1.807, 2.05) is 23.1 Å². The molecule has 1 aromatic carbocycles. The van der Waals surface area contributed by atoms with E-state index in [0.717, 1.165) is 23.1 Å². The third-order valence-corrected chi connectivity index (χ3v) is 3.43. The minimum atomic E-state index is 0.181. The van der Waals surface area contributed by atoms with E-state index in [9.17, 15) is 4.79 Å². The van der Waals surface area contributed by atoms with Crippen LogP contribution in [0.4, 0.5) is 0 Å². The van der Waals surface area contributed by atoms with Gasteiger partial charge in [-0.2, -0.15) is 12.6 Å². The zero-order valence-electron chi connectivity index (χ0n) is 9.30. The molecule has 1 atom stereocenters. The monoisotopic (exact) mass is 247 g/mol. The molecule has 1 aliphatic rings. The number of nitrogens with zero attached hydrogens (tertiary/aromatic N) is 1. The Morgan fingerprint density at radius 3 is 3.06 bits per heavy atom. The Hall–Kier alpha value is -1.42. The number of likely N-dealkylation sites (tertiary alicyclic amines) is 1. The molecule has 3 rings (SSSR count). The first-order valence-electron chi connectivity index (χ1n) is 5.64. The Morgan fingerprint density at radius 1 is 1.41 bits per heavy atom. The van der Waals surface area contributed by atoms with Crippen molar-refractivity contribution in [1.82, 2.24) is 4.90 Å². The SMILES string of the molecule is O=C1CC(S)CN1Cc1ccc2occc2c1. The quantitative estimate of drug-likeness (QED) is 0.827. The third kappa shape index (κ3) is 2.05. The molecule has 88 valence electrons. The molecule has 0 saturated carbocycles. The maximum absolute atomic E-state index is 11.7. The predicted octanol–water partition coefficient (Wildman–Crippen LogP) is 2.46. The van der Waals surface area contributed by atoms with Crippen molar-refractivity contribution >= 4 is 29.5 Å². The fourth-order valence-electron chi connectivity index (χ4n) is 2.24. The molecular formula is C13H13NO2S. The highest BCUT2D eigenvalue weighted by Gasteiger charge is 2.26. The van der Waals surface area contributed by atoms with Gasteiger partial charge < -0.3 is 9.32 Å². The first-order chi connectivity index (χ1) is 8.22. The van der Waals surface area contributed by atoms with E-state index in [-0.39, 0.29) is 11.2 Å².